The lowest BCUT2D eigenvalue weighted by atomic mass is 9.89. The van der Waals surface area contributed by atoms with Gasteiger partial charge in [0.05, 0.1) is 31.4 Å². The SMILES string of the molecule is COc1ccc(Br)c(C(=O)N2CCOC3CCCCC32)c1. The Morgan fingerprint density at radius 1 is 1.38 bits per heavy atom. The summed E-state index contributed by atoms with van der Waals surface area (Å²) >= 11 is 3.48. The van der Waals surface area contributed by atoms with E-state index in [1.165, 1.54) is 12.8 Å². The molecule has 1 aromatic rings. The summed E-state index contributed by atoms with van der Waals surface area (Å²) in [4.78, 5) is 14.9. The molecule has 2 aliphatic rings. The molecule has 1 amide bonds. The van der Waals surface area contributed by atoms with Crippen molar-refractivity contribution in [1.82, 2.24) is 4.90 Å². The number of rotatable bonds is 2. The molecule has 2 unspecified atom stereocenters. The molecule has 1 aliphatic heterocycles. The number of carbonyl (C=O) groups is 1. The van der Waals surface area contributed by atoms with Crippen LogP contribution >= 0.6 is 15.9 Å². The van der Waals surface area contributed by atoms with Crippen LogP contribution in [0.15, 0.2) is 22.7 Å². The Kier molecular flexibility index (Phi) is 4.50. The second-order valence-electron chi connectivity index (χ2n) is 5.61. The van der Waals surface area contributed by atoms with Gasteiger partial charge in [-0.05, 0) is 47.0 Å². The third kappa shape index (κ3) is 2.94. The standard InChI is InChI=1S/C16H20BrNO3/c1-20-11-6-7-13(17)12(10-11)16(19)18-8-9-21-15-5-3-2-4-14(15)18/h6-7,10,14-15H,2-5,8-9H2,1H3. The van der Waals surface area contributed by atoms with Crippen LogP contribution in [0.2, 0.25) is 0 Å². The zero-order chi connectivity index (χ0) is 14.8. The van der Waals surface area contributed by atoms with Crippen LogP contribution in [-0.2, 0) is 4.74 Å². The van der Waals surface area contributed by atoms with Gasteiger partial charge in [0.1, 0.15) is 5.75 Å². The number of hydrogen-bond acceptors (Lipinski definition) is 3. The smallest absolute Gasteiger partial charge is 0.255 e. The summed E-state index contributed by atoms with van der Waals surface area (Å²) in [7, 11) is 1.61. The minimum Gasteiger partial charge on any atom is -0.497 e. The van der Waals surface area contributed by atoms with E-state index in [0.717, 1.165) is 17.3 Å². The molecule has 5 heteroatoms. The molecule has 0 radical (unpaired) electrons. The molecule has 0 aromatic heterocycles. The molecule has 1 aromatic carbocycles. The number of benzene rings is 1. The van der Waals surface area contributed by atoms with Gasteiger partial charge in [0.2, 0.25) is 0 Å². The quantitative estimate of drug-likeness (QED) is 0.819. The largest absolute Gasteiger partial charge is 0.497 e. The highest BCUT2D eigenvalue weighted by atomic mass is 79.9. The molecule has 3 rings (SSSR count). The minimum absolute atomic E-state index is 0.0703. The number of hydrogen-bond donors (Lipinski definition) is 0. The van der Waals surface area contributed by atoms with Crippen LogP contribution in [0.3, 0.4) is 0 Å². The first-order valence-electron chi connectivity index (χ1n) is 7.47. The molecule has 0 spiro atoms. The van der Waals surface area contributed by atoms with Crippen molar-refractivity contribution in [3.05, 3.63) is 28.2 Å². The number of methoxy groups -OCH3 is 1. The molecule has 21 heavy (non-hydrogen) atoms. The van der Waals surface area contributed by atoms with Gasteiger partial charge in [-0.1, -0.05) is 12.8 Å². The lowest BCUT2D eigenvalue weighted by Gasteiger charge is -2.43. The van der Waals surface area contributed by atoms with Gasteiger partial charge in [-0.15, -0.1) is 0 Å². The van der Waals surface area contributed by atoms with E-state index in [0.29, 0.717) is 24.5 Å². The fourth-order valence-corrected chi connectivity index (χ4v) is 3.71. The highest BCUT2D eigenvalue weighted by Crippen LogP contribution is 2.31. The van der Waals surface area contributed by atoms with Gasteiger partial charge in [0, 0.05) is 11.0 Å². The van der Waals surface area contributed by atoms with Crippen LogP contribution in [0.25, 0.3) is 0 Å². The number of nitrogens with zero attached hydrogens (tertiary/aromatic N) is 1. The van der Waals surface area contributed by atoms with Gasteiger partial charge < -0.3 is 14.4 Å². The first-order chi connectivity index (χ1) is 10.2. The number of ether oxygens (including phenoxy) is 2. The van der Waals surface area contributed by atoms with Crippen molar-refractivity contribution in [2.45, 2.75) is 37.8 Å². The van der Waals surface area contributed by atoms with E-state index in [-0.39, 0.29) is 18.1 Å². The van der Waals surface area contributed by atoms with E-state index in [1.54, 1.807) is 13.2 Å². The van der Waals surface area contributed by atoms with Crippen LogP contribution in [0.1, 0.15) is 36.0 Å². The molecule has 1 saturated carbocycles. The minimum atomic E-state index is 0.0703. The Morgan fingerprint density at radius 2 is 2.19 bits per heavy atom. The summed E-state index contributed by atoms with van der Waals surface area (Å²) in [5.74, 6) is 0.774. The molecule has 4 nitrogen and oxygen atoms in total. The number of halogens is 1. The molecular formula is C16H20BrNO3. The lowest BCUT2D eigenvalue weighted by Crippen LogP contribution is -2.54. The molecule has 2 atom stereocenters. The van der Waals surface area contributed by atoms with Gasteiger partial charge in [0.15, 0.2) is 0 Å². The van der Waals surface area contributed by atoms with Gasteiger partial charge in [-0.2, -0.15) is 0 Å². The second-order valence-corrected chi connectivity index (χ2v) is 6.46. The van der Waals surface area contributed by atoms with Crippen molar-refractivity contribution in [1.29, 1.82) is 0 Å². The van der Waals surface area contributed by atoms with Gasteiger partial charge in [-0.3, -0.25) is 4.79 Å². The average molecular weight is 354 g/mol. The Morgan fingerprint density at radius 3 is 3.00 bits per heavy atom. The van der Waals surface area contributed by atoms with E-state index >= 15 is 0 Å². The Balaban J connectivity index is 1.86. The summed E-state index contributed by atoms with van der Waals surface area (Å²) in [5, 5.41) is 0. The number of amides is 1. The normalized spacial score (nSPS) is 25.3. The van der Waals surface area contributed by atoms with E-state index in [2.05, 4.69) is 15.9 Å². The van der Waals surface area contributed by atoms with Crippen LogP contribution in [0, 0.1) is 0 Å². The van der Waals surface area contributed by atoms with Gasteiger partial charge in [-0.25, -0.2) is 0 Å². The van der Waals surface area contributed by atoms with Crippen molar-refractivity contribution in [3.63, 3.8) is 0 Å². The molecule has 1 heterocycles. The van der Waals surface area contributed by atoms with Crippen LogP contribution in [0.5, 0.6) is 5.75 Å². The monoisotopic (exact) mass is 353 g/mol. The fraction of sp³-hybridized carbons (Fsp3) is 0.562. The summed E-state index contributed by atoms with van der Waals surface area (Å²) < 4.78 is 11.9. The number of fused-ring (bicyclic) bond motifs is 1. The van der Waals surface area contributed by atoms with E-state index in [9.17, 15) is 4.79 Å². The molecule has 0 N–H and O–H groups in total. The first-order valence-corrected chi connectivity index (χ1v) is 8.26. The first kappa shape index (κ1) is 14.9. The molecule has 1 aliphatic carbocycles. The van der Waals surface area contributed by atoms with E-state index in [1.807, 2.05) is 17.0 Å². The molecule has 114 valence electrons. The third-order valence-corrected chi connectivity index (χ3v) is 5.09. The Bertz CT molecular complexity index is 532. The predicted octanol–water partition coefficient (Wildman–Crippen LogP) is 3.24. The zero-order valence-electron chi connectivity index (χ0n) is 12.2. The van der Waals surface area contributed by atoms with Gasteiger partial charge in [0.25, 0.3) is 5.91 Å². The van der Waals surface area contributed by atoms with E-state index in [4.69, 9.17) is 9.47 Å². The third-order valence-electron chi connectivity index (χ3n) is 4.40. The highest BCUT2D eigenvalue weighted by Gasteiger charge is 2.37. The fourth-order valence-electron chi connectivity index (χ4n) is 3.30. The molecule has 0 bridgehead atoms. The summed E-state index contributed by atoms with van der Waals surface area (Å²) in [6.45, 7) is 1.30. The average Bonchev–Trinajstić information content (AvgIpc) is 2.54. The van der Waals surface area contributed by atoms with Crippen LogP contribution in [0.4, 0.5) is 0 Å². The number of morpholine rings is 1. The maximum absolute atomic E-state index is 12.9. The van der Waals surface area contributed by atoms with Crippen molar-refractivity contribution in [2.75, 3.05) is 20.3 Å². The summed E-state index contributed by atoms with van der Waals surface area (Å²) in [6, 6.07) is 5.74. The van der Waals surface area contributed by atoms with Gasteiger partial charge >= 0.3 is 0 Å². The van der Waals surface area contributed by atoms with Crippen LogP contribution < -0.4 is 4.74 Å². The topological polar surface area (TPSA) is 38.8 Å². The lowest BCUT2D eigenvalue weighted by molar-refractivity contribution is -0.0753. The second kappa shape index (κ2) is 6.36. The Labute approximate surface area is 133 Å². The molecular weight excluding hydrogens is 334 g/mol. The maximum Gasteiger partial charge on any atom is 0.255 e. The summed E-state index contributed by atoms with van der Waals surface area (Å²) in [6.07, 6.45) is 4.69. The summed E-state index contributed by atoms with van der Waals surface area (Å²) in [5.41, 5.74) is 0.667. The zero-order valence-corrected chi connectivity index (χ0v) is 13.8. The van der Waals surface area contributed by atoms with E-state index < -0.39 is 0 Å². The number of carbonyl (C=O) groups excluding carboxylic acids is 1. The molecule has 2 fully saturated rings. The maximum atomic E-state index is 12.9. The van der Waals surface area contributed by atoms with Crippen molar-refractivity contribution >= 4 is 21.8 Å². The predicted molar refractivity (Wildman–Crippen MR) is 83.7 cm³/mol. The van der Waals surface area contributed by atoms with Crippen molar-refractivity contribution in [2.24, 2.45) is 0 Å². The van der Waals surface area contributed by atoms with Crippen LogP contribution in [-0.4, -0.2) is 43.2 Å². The molecule has 1 saturated heterocycles. The highest BCUT2D eigenvalue weighted by molar-refractivity contribution is 9.10. The Hall–Kier alpha value is -1.07. The van der Waals surface area contributed by atoms with Crippen molar-refractivity contribution in [3.8, 4) is 5.75 Å². The van der Waals surface area contributed by atoms with Crippen molar-refractivity contribution < 1.29 is 14.3 Å².